The highest BCUT2D eigenvalue weighted by Crippen LogP contribution is 2.21. The molecule has 130 valence electrons. The van der Waals surface area contributed by atoms with Gasteiger partial charge >= 0.3 is 0 Å². The van der Waals surface area contributed by atoms with E-state index in [9.17, 15) is 9.59 Å². The van der Waals surface area contributed by atoms with E-state index in [1.54, 1.807) is 35.4 Å². The molecule has 2 aromatic rings. The Morgan fingerprint density at radius 3 is 2.52 bits per heavy atom. The topological polar surface area (TPSA) is 102 Å². The number of amides is 2. The molecule has 2 N–H and O–H groups in total. The first-order valence-corrected chi connectivity index (χ1v) is 7.97. The van der Waals surface area contributed by atoms with Gasteiger partial charge in [0.2, 0.25) is 0 Å². The molecule has 0 saturated carbocycles. The number of hydrogen-bond acceptors (Lipinski definition) is 6. The fraction of sp³-hybridized carbons (Fsp3) is 0.294. The van der Waals surface area contributed by atoms with E-state index in [2.05, 4.69) is 15.1 Å². The van der Waals surface area contributed by atoms with Crippen molar-refractivity contribution in [3.05, 3.63) is 48.2 Å². The predicted molar refractivity (Wildman–Crippen MR) is 91.3 cm³/mol. The molecule has 1 saturated heterocycles. The average molecular weight is 341 g/mol. The second-order valence-electron chi connectivity index (χ2n) is 5.61. The summed E-state index contributed by atoms with van der Waals surface area (Å²) >= 11 is 0. The Morgan fingerprint density at radius 1 is 1.08 bits per heavy atom. The van der Waals surface area contributed by atoms with E-state index < -0.39 is 5.91 Å². The predicted octanol–water partition coefficient (Wildman–Crippen LogP) is 0.303. The van der Waals surface area contributed by atoms with Gasteiger partial charge in [0.1, 0.15) is 5.75 Å². The van der Waals surface area contributed by atoms with Crippen LogP contribution < -0.4 is 15.4 Å². The fourth-order valence-electron chi connectivity index (χ4n) is 2.69. The monoisotopic (exact) mass is 341 g/mol. The molecule has 0 bridgehead atoms. The smallest absolute Gasteiger partial charge is 0.257 e. The molecule has 1 fully saturated rings. The Morgan fingerprint density at radius 2 is 1.84 bits per heavy atom. The number of para-hydroxylation sites is 1. The lowest BCUT2D eigenvalue weighted by Crippen LogP contribution is -2.49. The number of ether oxygens (including phenoxy) is 1. The Hall–Kier alpha value is -3.16. The van der Waals surface area contributed by atoms with Gasteiger partial charge in [0, 0.05) is 32.4 Å². The maximum atomic E-state index is 12.8. The highest BCUT2D eigenvalue weighted by molar-refractivity contribution is 5.97. The number of nitrogens with zero attached hydrogens (tertiary/aromatic N) is 4. The quantitative estimate of drug-likeness (QED) is 0.839. The summed E-state index contributed by atoms with van der Waals surface area (Å²) in [5, 5.41) is 7.98. The van der Waals surface area contributed by atoms with Gasteiger partial charge in [-0.1, -0.05) is 12.1 Å². The van der Waals surface area contributed by atoms with Crippen molar-refractivity contribution in [3.8, 4) is 5.75 Å². The van der Waals surface area contributed by atoms with Crippen molar-refractivity contribution >= 4 is 17.6 Å². The third kappa shape index (κ3) is 4.03. The number of rotatable bonds is 5. The normalized spacial score (nSPS) is 14.2. The number of carbonyl (C=O) groups excluding carboxylic acids is 2. The van der Waals surface area contributed by atoms with Crippen LogP contribution in [0.3, 0.4) is 0 Å². The van der Waals surface area contributed by atoms with Gasteiger partial charge in [-0.05, 0) is 24.3 Å². The van der Waals surface area contributed by atoms with Crippen LogP contribution in [0.2, 0.25) is 0 Å². The van der Waals surface area contributed by atoms with E-state index in [0.29, 0.717) is 37.5 Å². The maximum Gasteiger partial charge on any atom is 0.257 e. The van der Waals surface area contributed by atoms with Crippen molar-refractivity contribution in [3.63, 3.8) is 0 Å². The molecule has 3 rings (SSSR count). The molecule has 1 aliphatic heterocycles. The standard InChI is InChI=1S/C17H19N5O3/c18-15(23)12-25-14-5-2-1-4-13(14)17(24)22-10-8-21(9-11-22)16-6-3-7-19-20-16/h1-7H,8-12H2,(H2,18,23). The van der Waals surface area contributed by atoms with Crippen LogP contribution in [0.25, 0.3) is 0 Å². The molecular weight excluding hydrogens is 322 g/mol. The molecule has 1 aliphatic rings. The molecule has 0 aliphatic carbocycles. The molecular formula is C17H19N5O3. The Bertz CT molecular complexity index is 745. The molecule has 1 aromatic carbocycles. The summed E-state index contributed by atoms with van der Waals surface area (Å²) in [5.41, 5.74) is 5.53. The van der Waals surface area contributed by atoms with Gasteiger partial charge in [0.05, 0.1) is 5.56 Å². The lowest BCUT2D eigenvalue weighted by molar-refractivity contribution is -0.119. The first kappa shape index (κ1) is 16.7. The number of hydrogen-bond donors (Lipinski definition) is 1. The van der Waals surface area contributed by atoms with E-state index in [1.807, 2.05) is 12.1 Å². The van der Waals surface area contributed by atoms with Crippen molar-refractivity contribution in [1.29, 1.82) is 0 Å². The summed E-state index contributed by atoms with van der Waals surface area (Å²) in [5.74, 6) is 0.459. The van der Waals surface area contributed by atoms with Crippen LogP contribution in [-0.2, 0) is 4.79 Å². The molecule has 8 heteroatoms. The van der Waals surface area contributed by atoms with Crippen LogP contribution in [0.4, 0.5) is 5.82 Å². The van der Waals surface area contributed by atoms with E-state index in [-0.39, 0.29) is 12.5 Å². The second-order valence-corrected chi connectivity index (χ2v) is 5.61. The second kappa shape index (κ2) is 7.61. The molecule has 8 nitrogen and oxygen atoms in total. The minimum Gasteiger partial charge on any atom is -0.483 e. The van der Waals surface area contributed by atoms with Gasteiger partial charge in [0.15, 0.2) is 12.4 Å². The lowest BCUT2D eigenvalue weighted by atomic mass is 10.1. The number of nitrogens with two attached hydrogens (primary N) is 1. The largest absolute Gasteiger partial charge is 0.483 e. The van der Waals surface area contributed by atoms with E-state index >= 15 is 0 Å². The Kier molecular flexibility index (Phi) is 5.08. The van der Waals surface area contributed by atoms with Crippen molar-refractivity contribution in [2.45, 2.75) is 0 Å². The molecule has 2 amide bonds. The zero-order chi connectivity index (χ0) is 17.6. The minimum absolute atomic E-state index is 0.126. The van der Waals surface area contributed by atoms with Crippen molar-refractivity contribution in [2.75, 3.05) is 37.7 Å². The van der Waals surface area contributed by atoms with Gasteiger partial charge in [-0.2, -0.15) is 5.10 Å². The average Bonchev–Trinajstić information content (AvgIpc) is 2.67. The summed E-state index contributed by atoms with van der Waals surface area (Å²) in [7, 11) is 0. The van der Waals surface area contributed by atoms with Crippen LogP contribution in [0.5, 0.6) is 5.75 Å². The molecule has 1 aromatic heterocycles. The molecule has 2 heterocycles. The number of benzene rings is 1. The van der Waals surface area contributed by atoms with Crippen LogP contribution in [-0.4, -0.2) is 59.7 Å². The molecule has 0 unspecified atom stereocenters. The summed E-state index contributed by atoms with van der Waals surface area (Å²) in [4.78, 5) is 27.6. The van der Waals surface area contributed by atoms with Crippen LogP contribution >= 0.6 is 0 Å². The third-order valence-corrected chi connectivity index (χ3v) is 3.94. The van der Waals surface area contributed by atoms with Gasteiger partial charge in [-0.15, -0.1) is 5.10 Å². The van der Waals surface area contributed by atoms with Crippen LogP contribution in [0.1, 0.15) is 10.4 Å². The number of carbonyl (C=O) groups is 2. The van der Waals surface area contributed by atoms with E-state index in [1.165, 1.54) is 0 Å². The maximum absolute atomic E-state index is 12.8. The van der Waals surface area contributed by atoms with Crippen molar-refractivity contribution < 1.29 is 14.3 Å². The lowest BCUT2D eigenvalue weighted by Gasteiger charge is -2.35. The van der Waals surface area contributed by atoms with Crippen molar-refractivity contribution in [2.24, 2.45) is 5.73 Å². The van der Waals surface area contributed by atoms with Gasteiger partial charge in [-0.3, -0.25) is 9.59 Å². The highest BCUT2D eigenvalue weighted by Gasteiger charge is 2.25. The van der Waals surface area contributed by atoms with Crippen LogP contribution in [0, 0.1) is 0 Å². The summed E-state index contributed by atoms with van der Waals surface area (Å²) < 4.78 is 5.35. The molecule has 0 atom stereocenters. The van der Waals surface area contributed by atoms with E-state index in [0.717, 1.165) is 5.82 Å². The fourth-order valence-corrected chi connectivity index (χ4v) is 2.69. The third-order valence-electron chi connectivity index (χ3n) is 3.94. The number of anilines is 1. The van der Waals surface area contributed by atoms with E-state index in [4.69, 9.17) is 10.5 Å². The zero-order valence-corrected chi connectivity index (χ0v) is 13.7. The van der Waals surface area contributed by atoms with Crippen molar-refractivity contribution in [1.82, 2.24) is 15.1 Å². The van der Waals surface area contributed by atoms with Gasteiger partial charge in [-0.25, -0.2) is 0 Å². The molecule has 0 spiro atoms. The zero-order valence-electron chi connectivity index (χ0n) is 13.7. The number of primary amides is 1. The number of piperazine rings is 1. The molecule has 25 heavy (non-hydrogen) atoms. The van der Waals surface area contributed by atoms with Gasteiger partial charge < -0.3 is 20.3 Å². The minimum atomic E-state index is -0.583. The highest BCUT2D eigenvalue weighted by atomic mass is 16.5. The summed E-state index contributed by atoms with van der Waals surface area (Å²) in [6, 6.07) is 10.6. The Balaban J connectivity index is 1.66. The van der Waals surface area contributed by atoms with Gasteiger partial charge in [0.25, 0.3) is 11.8 Å². The first-order chi connectivity index (χ1) is 12.1. The van der Waals surface area contributed by atoms with Crippen LogP contribution in [0.15, 0.2) is 42.6 Å². The molecule has 0 radical (unpaired) electrons. The summed E-state index contributed by atoms with van der Waals surface area (Å²) in [6.45, 7) is 2.23. The SMILES string of the molecule is NC(=O)COc1ccccc1C(=O)N1CCN(c2cccnn2)CC1. The Labute approximate surface area is 145 Å². The summed E-state index contributed by atoms with van der Waals surface area (Å²) in [6.07, 6.45) is 1.63. The number of aromatic nitrogens is 2. The first-order valence-electron chi connectivity index (χ1n) is 7.97.